The van der Waals surface area contributed by atoms with Gasteiger partial charge < -0.3 is 15.8 Å². The number of hydrogen-bond donors (Lipinski definition) is 2. The minimum atomic E-state index is -4.79. The van der Waals surface area contributed by atoms with Crippen LogP contribution in [0.3, 0.4) is 0 Å². The fraction of sp³-hybridized carbons (Fsp3) is 0.394. The van der Waals surface area contributed by atoms with Gasteiger partial charge in [-0.05, 0) is 54.5 Å². The van der Waals surface area contributed by atoms with E-state index >= 15 is 0 Å². The molecule has 0 aliphatic carbocycles. The number of nitrogens with zero attached hydrogens (tertiary/aromatic N) is 7. The number of carbonyl (C=O) groups is 2. The second kappa shape index (κ2) is 13.6. The number of alkyl halides is 5. The van der Waals surface area contributed by atoms with Crippen LogP contribution in [0.25, 0.3) is 16.8 Å². The van der Waals surface area contributed by atoms with Crippen LogP contribution < -0.4 is 11.1 Å². The van der Waals surface area contributed by atoms with Gasteiger partial charge >= 0.3 is 18.8 Å². The molecular formula is C33H35ClF5N9O3. The molecule has 5 rings (SSSR count). The van der Waals surface area contributed by atoms with Gasteiger partial charge in [0.15, 0.2) is 11.5 Å². The molecule has 0 saturated carbocycles. The minimum absolute atomic E-state index is 0.150. The van der Waals surface area contributed by atoms with Crippen LogP contribution in [0.15, 0.2) is 72.5 Å². The lowest BCUT2D eigenvalue weighted by Gasteiger charge is -2.35. The van der Waals surface area contributed by atoms with Gasteiger partial charge in [-0.3, -0.25) is 9.69 Å². The van der Waals surface area contributed by atoms with E-state index < -0.39 is 53.9 Å². The number of hydrogen-bond acceptors (Lipinski definition) is 8. The summed E-state index contributed by atoms with van der Waals surface area (Å²) in [6, 6.07) is 9.98. The maximum atomic E-state index is 14.8. The lowest BCUT2D eigenvalue weighted by molar-refractivity contribution is -0.183. The summed E-state index contributed by atoms with van der Waals surface area (Å²) in [5.41, 5.74) is 3.87. The highest BCUT2D eigenvalue weighted by Crippen LogP contribution is 2.45. The molecule has 2 amide bonds. The second-order valence-corrected chi connectivity index (χ2v) is 14.1. The fourth-order valence-electron chi connectivity index (χ4n) is 5.69. The summed E-state index contributed by atoms with van der Waals surface area (Å²) in [7, 11) is 0. The molecule has 0 saturated heterocycles. The predicted octanol–water partition coefficient (Wildman–Crippen LogP) is 6.78. The highest BCUT2D eigenvalue weighted by molar-refractivity contribution is 6.32. The number of ether oxygens (including phenoxy) is 1. The summed E-state index contributed by atoms with van der Waals surface area (Å²) in [6.07, 6.45) is -0.875. The van der Waals surface area contributed by atoms with Crippen LogP contribution in [0.1, 0.15) is 64.8 Å². The first-order valence-corrected chi connectivity index (χ1v) is 15.9. The summed E-state index contributed by atoms with van der Waals surface area (Å²) in [5.74, 6) is -0.844. The summed E-state index contributed by atoms with van der Waals surface area (Å²) >= 11 is 6.46. The molecule has 0 spiro atoms. The van der Waals surface area contributed by atoms with E-state index in [1.165, 1.54) is 35.8 Å². The summed E-state index contributed by atoms with van der Waals surface area (Å²) in [6.45, 7) is 3.81. The van der Waals surface area contributed by atoms with Crippen molar-refractivity contribution in [3.8, 4) is 16.8 Å². The lowest BCUT2D eigenvalue weighted by atomic mass is 9.75. The first-order chi connectivity index (χ1) is 23.7. The Balaban J connectivity index is 1.55. The van der Waals surface area contributed by atoms with Crippen LogP contribution >= 0.6 is 11.6 Å². The zero-order valence-corrected chi connectivity index (χ0v) is 28.9. The quantitative estimate of drug-likeness (QED) is 0.171. The number of benzene rings is 2. The smallest absolute Gasteiger partial charge is 0.411 e. The average molecular weight is 736 g/mol. The molecular weight excluding hydrogens is 701 g/mol. The number of amides is 2. The molecule has 0 radical (unpaired) electrons. The summed E-state index contributed by atoms with van der Waals surface area (Å²) in [5, 5.41) is 9.85. The molecule has 18 heteroatoms. The number of nitrogens with one attached hydrogen (secondary N) is 1. The van der Waals surface area contributed by atoms with E-state index in [1.807, 2.05) is 26.1 Å². The number of rotatable bonds is 10. The largest absolute Gasteiger partial charge is 0.447 e. The Morgan fingerprint density at radius 2 is 1.73 bits per heavy atom. The molecule has 1 aliphatic heterocycles. The SMILES string of the molecule is CC(C)(C)C[C@]1(c2ccc(-c3cnn(C(F)F)c3)cc2)N=C(N)N(C(COC(=O)NC(C)(C)C(F)(F)F)c2ccc(Cl)c(-n3cncn3)c2)C1=O. The number of halogens is 6. The highest BCUT2D eigenvalue weighted by Gasteiger charge is 2.53. The highest BCUT2D eigenvalue weighted by atomic mass is 35.5. The molecule has 0 fully saturated rings. The molecule has 0 bridgehead atoms. The topological polar surface area (TPSA) is 146 Å². The zero-order valence-electron chi connectivity index (χ0n) is 28.1. The Kier molecular flexibility index (Phi) is 9.90. The summed E-state index contributed by atoms with van der Waals surface area (Å²) in [4.78, 5) is 37.4. The number of guanidine groups is 1. The average Bonchev–Trinajstić information content (AvgIpc) is 3.79. The molecule has 3 N–H and O–H groups in total. The molecule has 51 heavy (non-hydrogen) atoms. The molecule has 2 aromatic heterocycles. The van der Waals surface area contributed by atoms with E-state index in [0.717, 1.165) is 18.7 Å². The molecule has 2 aromatic carbocycles. The molecule has 1 aliphatic rings. The van der Waals surface area contributed by atoms with Crippen LogP contribution in [0.5, 0.6) is 0 Å². The van der Waals surface area contributed by atoms with Crippen molar-refractivity contribution in [3.63, 3.8) is 0 Å². The molecule has 1 unspecified atom stereocenters. The van der Waals surface area contributed by atoms with Crippen LogP contribution in [0.4, 0.5) is 26.7 Å². The third-order valence-corrected chi connectivity index (χ3v) is 8.56. The molecule has 2 atom stereocenters. The van der Waals surface area contributed by atoms with Crippen molar-refractivity contribution < 1.29 is 36.3 Å². The summed E-state index contributed by atoms with van der Waals surface area (Å²) < 4.78 is 74.1. The fourth-order valence-corrected chi connectivity index (χ4v) is 5.89. The first-order valence-electron chi connectivity index (χ1n) is 15.5. The Bertz CT molecular complexity index is 1920. The third-order valence-electron chi connectivity index (χ3n) is 8.24. The lowest BCUT2D eigenvalue weighted by Crippen LogP contribution is -2.54. The van der Waals surface area contributed by atoms with Crippen molar-refractivity contribution in [1.82, 2.24) is 34.8 Å². The standard InChI is InChI=1S/C33H35ClF5N9O3/c1-30(2,3)16-32(22-9-6-19(7-10-22)21-13-42-46(14-21)27(35)36)26(49)48(28(40)44-32)25(15-51-29(50)45-31(4,5)33(37,38)39)20-8-11-23(34)24(12-20)47-18-41-17-43-47/h6-14,17-18,25,27H,15-16H2,1-5H3,(H2,40,44)(H,45,50)/t25?,32-/m1/s1. The van der Waals surface area contributed by atoms with Crippen LogP contribution in [-0.2, 0) is 15.1 Å². The van der Waals surface area contributed by atoms with E-state index in [9.17, 15) is 31.5 Å². The molecule has 12 nitrogen and oxygen atoms in total. The van der Waals surface area contributed by atoms with E-state index in [-0.39, 0.29) is 17.4 Å². The van der Waals surface area contributed by atoms with Gasteiger partial charge in [0, 0.05) is 11.8 Å². The maximum absolute atomic E-state index is 14.8. The van der Waals surface area contributed by atoms with Gasteiger partial charge in [-0.15, -0.1) is 0 Å². The van der Waals surface area contributed by atoms with Crippen LogP contribution in [0.2, 0.25) is 5.02 Å². The van der Waals surface area contributed by atoms with Crippen LogP contribution in [0, 0.1) is 5.41 Å². The number of aromatic nitrogens is 5. The van der Waals surface area contributed by atoms with Crippen molar-refractivity contribution in [2.24, 2.45) is 16.1 Å². The van der Waals surface area contributed by atoms with Gasteiger partial charge in [0.25, 0.3) is 5.91 Å². The Labute approximate surface area is 294 Å². The van der Waals surface area contributed by atoms with Gasteiger partial charge in [0.2, 0.25) is 0 Å². The van der Waals surface area contributed by atoms with Crippen LogP contribution in [-0.4, -0.2) is 65.7 Å². The molecule has 3 heterocycles. The normalized spacial score (nSPS) is 17.5. The van der Waals surface area contributed by atoms with E-state index in [1.54, 1.807) is 36.4 Å². The van der Waals surface area contributed by atoms with E-state index in [4.69, 9.17) is 27.1 Å². The van der Waals surface area contributed by atoms with Gasteiger partial charge in [0.05, 0.1) is 22.9 Å². The predicted molar refractivity (Wildman–Crippen MR) is 177 cm³/mol. The third kappa shape index (κ3) is 7.67. The maximum Gasteiger partial charge on any atom is 0.411 e. The van der Waals surface area contributed by atoms with Crippen molar-refractivity contribution in [3.05, 3.63) is 83.7 Å². The van der Waals surface area contributed by atoms with Gasteiger partial charge in [-0.1, -0.05) is 62.7 Å². The number of nitrogens with two attached hydrogens (primary N) is 1. The Morgan fingerprint density at radius 1 is 1.04 bits per heavy atom. The van der Waals surface area contributed by atoms with Gasteiger partial charge in [0.1, 0.15) is 24.8 Å². The number of aliphatic imine (C=N–C) groups is 1. The number of alkyl carbamates (subject to hydrolysis) is 1. The molecule has 272 valence electrons. The van der Waals surface area contributed by atoms with Gasteiger partial charge in [-0.2, -0.15) is 32.1 Å². The van der Waals surface area contributed by atoms with Crippen molar-refractivity contribution in [1.29, 1.82) is 0 Å². The van der Waals surface area contributed by atoms with Crippen molar-refractivity contribution in [2.75, 3.05) is 6.61 Å². The minimum Gasteiger partial charge on any atom is -0.447 e. The van der Waals surface area contributed by atoms with Crippen molar-refractivity contribution >= 4 is 29.6 Å². The van der Waals surface area contributed by atoms with Crippen molar-refractivity contribution in [2.45, 2.75) is 70.9 Å². The first kappa shape index (κ1) is 37.2. The number of carbonyl (C=O) groups excluding carboxylic acids is 2. The molecule has 4 aromatic rings. The van der Waals surface area contributed by atoms with E-state index in [0.29, 0.717) is 32.6 Å². The van der Waals surface area contributed by atoms with E-state index in [2.05, 4.69) is 15.2 Å². The second-order valence-electron chi connectivity index (χ2n) is 13.7. The zero-order chi connectivity index (χ0) is 37.5. The monoisotopic (exact) mass is 735 g/mol. The Hall–Kier alpha value is -5.06. The Morgan fingerprint density at radius 3 is 2.29 bits per heavy atom. The van der Waals surface area contributed by atoms with Gasteiger partial charge in [-0.25, -0.2) is 24.1 Å².